The van der Waals surface area contributed by atoms with Gasteiger partial charge in [-0.25, -0.2) is 4.99 Å². The summed E-state index contributed by atoms with van der Waals surface area (Å²) in [4.78, 5) is 7.11. The van der Waals surface area contributed by atoms with Gasteiger partial charge in [-0.2, -0.15) is 0 Å². The van der Waals surface area contributed by atoms with Crippen molar-refractivity contribution in [3.8, 4) is 5.75 Å². The van der Waals surface area contributed by atoms with Gasteiger partial charge in [0.15, 0.2) is 0 Å². The Morgan fingerprint density at radius 3 is 2.36 bits per heavy atom. The smallest absolute Gasteiger partial charge is 0.144 e. The van der Waals surface area contributed by atoms with Crippen LogP contribution in [0.2, 0.25) is 0 Å². The van der Waals surface area contributed by atoms with Crippen molar-refractivity contribution in [3.63, 3.8) is 0 Å². The summed E-state index contributed by atoms with van der Waals surface area (Å²) in [5.74, 6) is 0.656. The van der Waals surface area contributed by atoms with E-state index in [0.717, 1.165) is 41.3 Å². The number of anilines is 2. The quantitative estimate of drug-likeness (QED) is 0.591. The van der Waals surface area contributed by atoms with Crippen molar-refractivity contribution in [1.29, 1.82) is 5.41 Å². The molecule has 1 aromatic rings. The van der Waals surface area contributed by atoms with Gasteiger partial charge in [0.1, 0.15) is 5.75 Å². The van der Waals surface area contributed by atoms with Gasteiger partial charge in [-0.05, 0) is 64.0 Å². The zero-order valence-electron chi connectivity index (χ0n) is 15.8. The van der Waals surface area contributed by atoms with Crippen LogP contribution in [0.25, 0.3) is 0 Å². The molecule has 3 N–H and O–H groups in total. The Bertz CT molecular complexity index is 755. The zero-order valence-corrected chi connectivity index (χ0v) is 15.8. The van der Waals surface area contributed by atoms with Crippen molar-refractivity contribution in [2.45, 2.75) is 34.6 Å². The van der Waals surface area contributed by atoms with Crippen LogP contribution in [0, 0.1) is 5.41 Å². The molecule has 5 nitrogen and oxygen atoms in total. The predicted molar refractivity (Wildman–Crippen MR) is 108 cm³/mol. The van der Waals surface area contributed by atoms with Gasteiger partial charge in [-0.15, -0.1) is 0 Å². The minimum atomic E-state index is 0.535. The van der Waals surface area contributed by atoms with Crippen LogP contribution < -0.4 is 15.4 Å². The largest absolute Gasteiger partial charge is 0.492 e. The third-order valence-electron chi connectivity index (χ3n) is 4.51. The first-order valence-electron chi connectivity index (χ1n) is 8.77. The summed E-state index contributed by atoms with van der Waals surface area (Å²) >= 11 is 0. The van der Waals surface area contributed by atoms with Crippen LogP contribution in [-0.2, 0) is 0 Å². The standard InChI is InChI=1S/C20H28N4O/c1-6-24(7-2)19-11-16(22)20(25-8-3)12-18(19)23-17-10-9-15(21)13(4)14(17)5/h9-12,21H,6-8,22H2,1-5H3. The number of allylic oxidation sites excluding steroid dienone is 4. The van der Waals surface area contributed by atoms with Crippen LogP contribution in [0.3, 0.4) is 0 Å². The Hall–Kier alpha value is -2.56. The third-order valence-corrected chi connectivity index (χ3v) is 4.51. The second-order valence-electron chi connectivity index (χ2n) is 5.98. The molecule has 0 atom stereocenters. The fourth-order valence-corrected chi connectivity index (χ4v) is 2.82. The number of nitrogens with two attached hydrogens (primary N) is 1. The molecule has 1 aliphatic rings. The molecule has 0 amide bonds. The van der Waals surface area contributed by atoms with Crippen molar-refractivity contribution in [3.05, 3.63) is 35.4 Å². The van der Waals surface area contributed by atoms with E-state index in [4.69, 9.17) is 20.9 Å². The highest BCUT2D eigenvalue weighted by Gasteiger charge is 2.16. The van der Waals surface area contributed by atoms with Crippen LogP contribution in [-0.4, -0.2) is 31.1 Å². The van der Waals surface area contributed by atoms with Crippen molar-refractivity contribution >= 4 is 28.5 Å². The molecule has 2 rings (SSSR count). The van der Waals surface area contributed by atoms with E-state index < -0.39 is 0 Å². The molecule has 0 spiro atoms. The predicted octanol–water partition coefficient (Wildman–Crippen LogP) is 4.51. The van der Waals surface area contributed by atoms with Crippen LogP contribution in [0.5, 0.6) is 5.75 Å². The molecule has 0 aliphatic heterocycles. The molecule has 0 unspecified atom stereocenters. The summed E-state index contributed by atoms with van der Waals surface area (Å²) in [6.07, 6.45) is 3.69. The van der Waals surface area contributed by atoms with Crippen molar-refractivity contribution in [1.82, 2.24) is 0 Å². The van der Waals surface area contributed by atoms with Crippen molar-refractivity contribution in [2.75, 3.05) is 30.3 Å². The van der Waals surface area contributed by atoms with Gasteiger partial charge in [-0.1, -0.05) is 0 Å². The first kappa shape index (κ1) is 18.8. The maximum Gasteiger partial charge on any atom is 0.144 e. The fraction of sp³-hybridized carbons (Fsp3) is 0.400. The van der Waals surface area contributed by atoms with Crippen LogP contribution in [0.4, 0.5) is 17.1 Å². The Morgan fingerprint density at radius 1 is 1.08 bits per heavy atom. The number of nitrogens with zero attached hydrogens (tertiary/aromatic N) is 2. The highest BCUT2D eigenvalue weighted by atomic mass is 16.5. The molecule has 0 heterocycles. The number of ether oxygens (including phenoxy) is 1. The Labute approximate surface area is 150 Å². The van der Waals surface area contributed by atoms with Crippen molar-refractivity contribution < 1.29 is 4.74 Å². The summed E-state index contributed by atoms with van der Waals surface area (Å²) in [7, 11) is 0. The van der Waals surface area contributed by atoms with Gasteiger partial charge in [-0.3, -0.25) is 0 Å². The van der Waals surface area contributed by atoms with Crippen LogP contribution in [0.15, 0.2) is 40.4 Å². The number of nitrogens with one attached hydrogen (secondary N) is 1. The number of aliphatic imine (C=N–C) groups is 1. The zero-order chi connectivity index (χ0) is 18.6. The average molecular weight is 340 g/mol. The highest BCUT2D eigenvalue weighted by molar-refractivity contribution is 6.23. The van der Waals surface area contributed by atoms with Crippen molar-refractivity contribution in [2.24, 2.45) is 4.99 Å². The van der Waals surface area contributed by atoms with Gasteiger partial charge < -0.3 is 20.8 Å². The minimum absolute atomic E-state index is 0.535. The highest BCUT2D eigenvalue weighted by Crippen LogP contribution is 2.38. The number of rotatable bonds is 6. The van der Waals surface area contributed by atoms with Gasteiger partial charge in [0.25, 0.3) is 0 Å². The lowest BCUT2D eigenvalue weighted by Crippen LogP contribution is -2.22. The molecular weight excluding hydrogens is 312 g/mol. The second-order valence-corrected chi connectivity index (χ2v) is 5.98. The average Bonchev–Trinajstić information content (AvgIpc) is 2.60. The van der Waals surface area contributed by atoms with Gasteiger partial charge in [0, 0.05) is 19.2 Å². The molecule has 0 saturated carbocycles. The first-order valence-corrected chi connectivity index (χ1v) is 8.77. The molecule has 0 radical (unpaired) electrons. The van der Waals surface area contributed by atoms with E-state index in [1.807, 2.05) is 39.0 Å². The monoisotopic (exact) mass is 340 g/mol. The molecule has 0 aromatic heterocycles. The maximum absolute atomic E-state index is 7.94. The molecule has 1 aliphatic carbocycles. The Balaban J connectivity index is 2.61. The number of hydrogen-bond acceptors (Lipinski definition) is 5. The van der Waals surface area contributed by atoms with Gasteiger partial charge >= 0.3 is 0 Å². The number of hydrogen-bond donors (Lipinski definition) is 2. The SMILES string of the molecule is CCOc1cc(N=C2C=CC(=N)C(C)=C2C)c(N(CC)CC)cc1N. The van der Waals surface area contributed by atoms with E-state index in [1.54, 1.807) is 6.08 Å². The minimum Gasteiger partial charge on any atom is -0.492 e. The molecule has 5 heteroatoms. The molecule has 25 heavy (non-hydrogen) atoms. The maximum atomic E-state index is 7.94. The number of benzene rings is 1. The van der Waals surface area contributed by atoms with Gasteiger partial charge in [0.05, 0.1) is 35.1 Å². The third kappa shape index (κ3) is 3.92. The lowest BCUT2D eigenvalue weighted by molar-refractivity contribution is 0.342. The summed E-state index contributed by atoms with van der Waals surface area (Å²) in [6.45, 7) is 12.4. The van der Waals surface area contributed by atoms with E-state index in [2.05, 4.69) is 18.7 Å². The van der Waals surface area contributed by atoms with E-state index in [9.17, 15) is 0 Å². The first-order chi connectivity index (χ1) is 11.9. The summed E-state index contributed by atoms with van der Waals surface area (Å²) in [6, 6.07) is 3.85. The summed E-state index contributed by atoms with van der Waals surface area (Å²) in [5.41, 5.74) is 12.0. The van der Waals surface area contributed by atoms with E-state index in [1.165, 1.54) is 0 Å². The second kappa shape index (κ2) is 8.01. The van der Waals surface area contributed by atoms with Crippen LogP contribution in [0.1, 0.15) is 34.6 Å². The number of nitrogen functional groups attached to an aromatic ring is 1. The summed E-state index contributed by atoms with van der Waals surface area (Å²) < 4.78 is 5.66. The van der Waals surface area contributed by atoms with E-state index in [0.29, 0.717) is 23.8 Å². The molecule has 0 saturated heterocycles. The van der Waals surface area contributed by atoms with Crippen LogP contribution >= 0.6 is 0 Å². The Morgan fingerprint density at radius 2 is 1.76 bits per heavy atom. The molecule has 0 fully saturated rings. The molecule has 1 aromatic carbocycles. The fourth-order valence-electron chi connectivity index (χ4n) is 2.82. The molecular formula is C20H28N4O. The lowest BCUT2D eigenvalue weighted by Gasteiger charge is -2.24. The normalized spacial score (nSPS) is 15.9. The lowest BCUT2D eigenvalue weighted by atomic mass is 9.96. The molecule has 0 bridgehead atoms. The van der Waals surface area contributed by atoms with E-state index in [-0.39, 0.29) is 0 Å². The summed E-state index contributed by atoms with van der Waals surface area (Å²) in [5, 5.41) is 7.94. The van der Waals surface area contributed by atoms with E-state index >= 15 is 0 Å². The Kier molecular flexibility index (Phi) is 6.02. The van der Waals surface area contributed by atoms with Gasteiger partial charge in [0.2, 0.25) is 0 Å². The topological polar surface area (TPSA) is 74.7 Å². The molecule has 134 valence electrons.